The van der Waals surface area contributed by atoms with Crippen molar-refractivity contribution < 1.29 is 14.4 Å². The molecular formula is C15H26ClN5O3. The lowest BCUT2D eigenvalue weighted by molar-refractivity contribution is -0.135. The van der Waals surface area contributed by atoms with Crippen molar-refractivity contribution in [1.82, 2.24) is 25.8 Å². The van der Waals surface area contributed by atoms with Crippen molar-refractivity contribution in [3.8, 4) is 0 Å². The van der Waals surface area contributed by atoms with E-state index in [-0.39, 0.29) is 36.7 Å². The van der Waals surface area contributed by atoms with Crippen LogP contribution in [0.4, 0.5) is 4.79 Å². The molecule has 0 aromatic carbocycles. The van der Waals surface area contributed by atoms with Gasteiger partial charge >= 0.3 is 6.03 Å². The summed E-state index contributed by atoms with van der Waals surface area (Å²) in [7, 11) is 0. The van der Waals surface area contributed by atoms with Crippen LogP contribution < -0.4 is 16.0 Å². The van der Waals surface area contributed by atoms with E-state index in [0.717, 1.165) is 50.5 Å². The summed E-state index contributed by atoms with van der Waals surface area (Å²) in [5.74, 6) is -0.356. The van der Waals surface area contributed by atoms with E-state index in [1.165, 1.54) is 0 Å². The lowest BCUT2D eigenvalue weighted by atomic mass is 9.96. The smallest absolute Gasteiger partial charge is 0.325 e. The zero-order chi connectivity index (χ0) is 16.4. The predicted octanol–water partition coefficient (Wildman–Crippen LogP) is -0.850. The van der Waals surface area contributed by atoms with Crippen molar-refractivity contribution in [3.05, 3.63) is 0 Å². The molecule has 0 aromatic heterocycles. The van der Waals surface area contributed by atoms with Gasteiger partial charge in [0.15, 0.2) is 0 Å². The second-order valence-corrected chi connectivity index (χ2v) is 6.74. The van der Waals surface area contributed by atoms with Gasteiger partial charge in [0.1, 0.15) is 12.1 Å². The Morgan fingerprint density at radius 2 is 1.96 bits per heavy atom. The Bertz CT molecular complexity index is 507. The number of halogens is 1. The molecule has 3 aliphatic rings. The molecule has 0 radical (unpaired) electrons. The highest BCUT2D eigenvalue weighted by molar-refractivity contribution is 6.09. The van der Waals surface area contributed by atoms with Crippen molar-refractivity contribution in [2.75, 3.05) is 45.8 Å². The molecule has 9 heteroatoms. The van der Waals surface area contributed by atoms with Crippen LogP contribution in [0.5, 0.6) is 0 Å². The Morgan fingerprint density at radius 3 is 2.58 bits per heavy atom. The first-order valence-electron chi connectivity index (χ1n) is 8.34. The van der Waals surface area contributed by atoms with Gasteiger partial charge in [-0.15, -0.1) is 12.4 Å². The lowest BCUT2D eigenvalue weighted by Crippen LogP contribution is -2.48. The highest BCUT2D eigenvalue weighted by Crippen LogP contribution is 2.42. The quantitative estimate of drug-likeness (QED) is 0.537. The van der Waals surface area contributed by atoms with Gasteiger partial charge < -0.3 is 16.0 Å². The second kappa shape index (κ2) is 7.67. The number of nitrogens with one attached hydrogen (secondary N) is 3. The number of urea groups is 1. The van der Waals surface area contributed by atoms with E-state index in [4.69, 9.17) is 0 Å². The topological polar surface area (TPSA) is 93.8 Å². The molecule has 1 unspecified atom stereocenters. The van der Waals surface area contributed by atoms with Crippen LogP contribution in [0, 0.1) is 5.92 Å². The lowest BCUT2D eigenvalue weighted by Gasteiger charge is -2.27. The van der Waals surface area contributed by atoms with Gasteiger partial charge in [-0.1, -0.05) is 0 Å². The van der Waals surface area contributed by atoms with Crippen molar-refractivity contribution in [3.63, 3.8) is 0 Å². The SMILES string of the molecule is CC1(C2CC2)NC(=O)N(CC(=O)NCCN2CCNCC2)C1=O.Cl. The largest absolute Gasteiger partial charge is 0.353 e. The third-order valence-electron chi connectivity index (χ3n) is 4.96. The maximum atomic E-state index is 12.4. The Morgan fingerprint density at radius 1 is 1.29 bits per heavy atom. The van der Waals surface area contributed by atoms with Crippen LogP contribution in [0.1, 0.15) is 19.8 Å². The van der Waals surface area contributed by atoms with Gasteiger partial charge in [0.05, 0.1) is 0 Å². The number of carbonyl (C=O) groups is 3. The molecule has 1 atom stereocenters. The Balaban J connectivity index is 0.00000208. The van der Waals surface area contributed by atoms with Crippen LogP contribution in [0.15, 0.2) is 0 Å². The molecule has 4 amide bonds. The van der Waals surface area contributed by atoms with Crippen molar-refractivity contribution in [2.24, 2.45) is 5.92 Å². The molecule has 0 spiro atoms. The number of hydrogen-bond acceptors (Lipinski definition) is 5. The van der Waals surface area contributed by atoms with Crippen LogP contribution in [-0.4, -0.2) is 79.0 Å². The molecule has 24 heavy (non-hydrogen) atoms. The molecule has 1 saturated carbocycles. The summed E-state index contributed by atoms with van der Waals surface area (Å²) < 4.78 is 0. The number of amides is 4. The summed E-state index contributed by atoms with van der Waals surface area (Å²) in [4.78, 5) is 39.7. The fourth-order valence-corrected chi connectivity index (χ4v) is 3.28. The fourth-order valence-electron chi connectivity index (χ4n) is 3.28. The molecule has 2 saturated heterocycles. The summed E-state index contributed by atoms with van der Waals surface area (Å²) in [5, 5.41) is 8.82. The molecule has 2 aliphatic heterocycles. The second-order valence-electron chi connectivity index (χ2n) is 6.74. The van der Waals surface area contributed by atoms with E-state index in [2.05, 4.69) is 20.9 Å². The van der Waals surface area contributed by atoms with E-state index in [1.54, 1.807) is 6.92 Å². The van der Waals surface area contributed by atoms with Gasteiger partial charge in [-0.2, -0.15) is 0 Å². The van der Waals surface area contributed by atoms with Gasteiger partial charge in [-0.05, 0) is 25.7 Å². The van der Waals surface area contributed by atoms with E-state index >= 15 is 0 Å². The third kappa shape index (κ3) is 3.99. The first-order valence-corrected chi connectivity index (χ1v) is 8.34. The average molecular weight is 360 g/mol. The van der Waals surface area contributed by atoms with Crippen LogP contribution in [0.25, 0.3) is 0 Å². The molecule has 8 nitrogen and oxygen atoms in total. The molecule has 3 rings (SSSR count). The highest BCUT2D eigenvalue weighted by atomic mass is 35.5. The fraction of sp³-hybridized carbons (Fsp3) is 0.800. The maximum Gasteiger partial charge on any atom is 0.325 e. The minimum atomic E-state index is -0.821. The Labute approximate surface area is 148 Å². The number of nitrogens with zero attached hydrogens (tertiary/aromatic N) is 2. The number of piperazine rings is 1. The van der Waals surface area contributed by atoms with E-state index in [0.29, 0.717) is 6.54 Å². The molecule has 2 heterocycles. The first kappa shape index (κ1) is 19.0. The Kier molecular flexibility index (Phi) is 6.06. The summed E-state index contributed by atoms with van der Waals surface area (Å²) in [5.41, 5.74) is -0.821. The zero-order valence-electron chi connectivity index (χ0n) is 14.0. The minimum Gasteiger partial charge on any atom is -0.353 e. The van der Waals surface area contributed by atoms with E-state index in [9.17, 15) is 14.4 Å². The van der Waals surface area contributed by atoms with Gasteiger partial charge in [0, 0.05) is 39.3 Å². The molecular weight excluding hydrogens is 334 g/mol. The average Bonchev–Trinajstić information content (AvgIpc) is 3.35. The summed E-state index contributed by atoms with van der Waals surface area (Å²) in [6.07, 6.45) is 1.90. The predicted molar refractivity (Wildman–Crippen MR) is 90.9 cm³/mol. The monoisotopic (exact) mass is 359 g/mol. The summed E-state index contributed by atoms with van der Waals surface area (Å²) in [6.45, 7) is 6.76. The van der Waals surface area contributed by atoms with Crippen LogP contribution in [0.3, 0.4) is 0 Å². The number of imide groups is 1. The molecule has 3 N–H and O–H groups in total. The highest BCUT2D eigenvalue weighted by Gasteiger charge is 2.56. The van der Waals surface area contributed by atoms with Gasteiger partial charge in [0.2, 0.25) is 5.91 Å². The van der Waals surface area contributed by atoms with Gasteiger partial charge in [-0.3, -0.25) is 19.4 Å². The summed E-state index contributed by atoms with van der Waals surface area (Å²) >= 11 is 0. The zero-order valence-corrected chi connectivity index (χ0v) is 14.8. The van der Waals surface area contributed by atoms with Crippen LogP contribution in [0.2, 0.25) is 0 Å². The molecule has 0 bridgehead atoms. The van der Waals surface area contributed by atoms with Crippen LogP contribution in [-0.2, 0) is 9.59 Å². The normalized spacial score (nSPS) is 27.6. The number of hydrogen-bond donors (Lipinski definition) is 3. The Hall–Kier alpha value is -1.38. The summed E-state index contributed by atoms with van der Waals surface area (Å²) in [6, 6.07) is -0.457. The van der Waals surface area contributed by atoms with E-state index < -0.39 is 11.6 Å². The van der Waals surface area contributed by atoms with Gasteiger partial charge in [-0.25, -0.2) is 4.79 Å². The molecule has 1 aliphatic carbocycles. The third-order valence-corrected chi connectivity index (χ3v) is 4.96. The first-order chi connectivity index (χ1) is 11.0. The van der Waals surface area contributed by atoms with Crippen molar-refractivity contribution >= 4 is 30.3 Å². The number of rotatable bonds is 6. The van der Waals surface area contributed by atoms with Crippen molar-refractivity contribution in [2.45, 2.75) is 25.3 Å². The van der Waals surface area contributed by atoms with Crippen LogP contribution >= 0.6 is 12.4 Å². The van der Waals surface area contributed by atoms with Gasteiger partial charge in [0.25, 0.3) is 5.91 Å². The standard InChI is InChI=1S/C15H25N5O3.ClH/c1-15(11-2-3-11)13(22)20(14(23)18-15)10-12(21)17-6-9-19-7-4-16-5-8-19;/h11,16H,2-10H2,1H3,(H,17,21)(H,18,23);1H. The van der Waals surface area contributed by atoms with Crippen molar-refractivity contribution in [1.29, 1.82) is 0 Å². The van der Waals surface area contributed by atoms with E-state index in [1.807, 2.05) is 0 Å². The maximum absolute atomic E-state index is 12.4. The number of carbonyl (C=O) groups excluding carboxylic acids is 3. The molecule has 0 aromatic rings. The molecule has 136 valence electrons. The molecule has 3 fully saturated rings. The minimum absolute atomic E-state index is 0.